The molecule has 3 rings (SSSR count). The first kappa shape index (κ1) is 19.0. The van der Waals surface area contributed by atoms with Crippen molar-refractivity contribution in [1.82, 2.24) is 9.62 Å². The van der Waals surface area contributed by atoms with Crippen LogP contribution in [-0.4, -0.2) is 38.0 Å². The number of nitrogens with one attached hydrogen (secondary N) is 1. The van der Waals surface area contributed by atoms with Crippen LogP contribution < -0.4 is 5.32 Å². The van der Waals surface area contributed by atoms with Crippen molar-refractivity contribution in [2.75, 3.05) is 19.3 Å². The quantitative estimate of drug-likeness (QED) is 0.845. The molecule has 0 bridgehead atoms. The van der Waals surface area contributed by atoms with E-state index in [4.69, 9.17) is 0 Å². The molecule has 1 aromatic heterocycles. The van der Waals surface area contributed by atoms with E-state index in [-0.39, 0.29) is 30.2 Å². The molecule has 2 heterocycles. The lowest BCUT2D eigenvalue weighted by atomic mass is 9.97. The van der Waals surface area contributed by atoms with Crippen LogP contribution in [0.25, 0.3) is 0 Å². The summed E-state index contributed by atoms with van der Waals surface area (Å²) in [5.74, 6) is -0.899. The number of nitrogens with zero attached hydrogens (tertiary/aromatic N) is 1. The summed E-state index contributed by atoms with van der Waals surface area (Å²) < 4.78 is 38.2. The van der Waals surface area contributed by atoms with Crippen molar-refractivity contribution >= 4 is 27.3 Å². The van der Waals surface area contributed by atoms with Crippen LogP contribution in [0.4, 0.5) is 4.39 Å². The third kappa shape index (κ3) is 4.49. The minimum absolute atomic E-state index is 0.180. The van der Waals surface area contributed by atoms with Crippen molar-refractivity contribution in [3.05, 3.63) is 58.0 Å². The molecule has 2 atom stereocenters. The molecule has 2 unspecified atom stereocenters. The standard InChI is InChI=1S/C18H21FN2O3S2/c1-26(23,24)21-10-2-4-14(12-21)18(22)20-17(16-5-3-11-25-16)13-6-8-15(19)9-7-13/h3,5-9,11,14,17H,2,4,10,12H2,1H3,(H,20,22). The smallest absolute Gasteiger partial charge is 0.225 e. The number of hydrogen-bond donors (Lipinski definition) is 1. The van der Waals surface area contributed by atoms with Gasteiger partial charge in [0.05, 0.1) is 18.2 Å². The van der Waals surface area contributed by atoms with Crippen LogP contribution in [0, 0.1) is 11.7 Å². The van der Waals surface area contributed by atoms with Crippen molar-refractivity contribution in [1.29, 1.82) is 0 Å². The van der Waals surface area contributed by atoms with E-state index in [0.29, 0.717) is 19.4 Å². The minimum atomic E-state index is -3.31. The van der Waals surface area contributed by atoms with Gasteiger partial charge in [0.2, 0.25) is 15.9 Å². The van der Waals surface area contributed by atoms with E-state index in [1.54, 1.807) is 12.1 Å². The topological polar surface area (TPSA) is 66.5 Å². The van der Waals surface area contributed by atoms with Gasteiger partial charge in [0.1, 0.15) is 5.82 Å². The Balaban J connectivity index is 1.78. The second-order valence-corrected chi connectivity index (χ2v) is 9.43. The van der Waals surface area contributed by atoms with Gasteiger partial charge >= 0.3 is 0 Å². The molecule has 1 aliphatic rings. The van der Waals surface area contributed by atoms with Crippen LogP contribution >= 0.6 is 11.3 Å². The first-order chi connectivity index (χ1) is 12.3. The van der Waals surface area contributed by atoms with Gasteiger partial charge in [0.25, 0.3) is 0 Å². The summed E-state index contributed by atoms with van der Waals surface area (Å²) in [5, 5.41) is 4.95. The SMILES string of the molecule is CS(=O)(=O)N1CCCC(C(=O)NC(c2ccc(F)cc2)c2cccs2)C1. The Morgan fingerprint density at radius 1 is 1.31 bits per heavy atom. The van der Waals surface area contributed by atoms with Gasteiger partial charge in [-0.3, -0.25) is 4.79 Å². The molecule has 140 valence electrons. The van der Waals surface area contributed by atoms with Gasteiger partial charge in [-0.25, -0.2) is 17.1 Å². The molecular weight excluding hydrogens is 375 g/mol. The predicted molar refractivity (Wildman–Crippen MR) is 99.8 cm³/mol. The Kier molecular flexibility index (Phi) is 5.74. The summed E-state index contributed by atoms with van der Waals surface area (Å²) in [6.07, 6.45) is 2.48. The average molecular weight is 397 g/mol. The molecule has 2 aromatic rings. The Morgan fingerprint density at radius 2 is 2.04 bits per heavy atom. The molecular formula is C18H21FN2O3S2. The van der Waals surface area contributed by atoms with Crippen LogP contribution in [0.5, 0.6) is 0 Å². The number of hydrogen-bond acceptors (Lipinski definition) is 4. The lowest BCUT2D eigenvalue weighted by Gasteiger charge is -2.31. The number of piperidine rings is 1. The van der Waals surface area contributed by atoms with Crippen LogP contribution in [0.1, 0.15) is 29.3 Å². The molecule has 1 aromatic carbocycles. The lowest BCUT2D eigenvalue weighted by Crippen LogP contribution is -2.45. The highest BCUT2D eigenvalue weighted by Crippen LogP contribution is 2.28. The fraction of sp³-hybridized carbons (Fsp3) is 0.389. The van der Waals surface area contributed by atoms with Gasteiger partial charge in [0.15, 0.2) is 0 Å². The van der Waals surface area contributed by atoms with E-state index in [2.05, 4.69) is 5.32 Å². The monoisotopic (exact) mass is 396 g/mol. The van der Waals surface area contributed by atoms with E-state index in [1.807, 2.05) is 17.5 Å². The summed E-state index contributed by atoms with van der Waals surface area (Å²) in [6, 6.07) is 9.49. The summed E-state index contributed by atoms with van der Waals surface area (Å²) in [5.41, 5.74) is 0.790. The summed E-state index contributed by atoms with van der Waals surface area (Å²) >= 11 is 1.51. The second-order valence-electron chi connectivity index (χ2n) is 6.47. The molecule has 8 heteroatoms. The highest BCUT2D eigenvalue weighted by molar-refractivity contribution is 7.88. The van der Waals surface area contributed by atoms with Gasteiger partial charge < -0.3 is 5.32 Å². The van der Waals surface area contributed by atoms with Crippen LogP contribution in [0.15, 0.2) is 41.8 Å². The predicted octanol–water partition coefficient (Wildman–Crippen LogP) is 2.76. The van der Waals surface area contributed by atoms with Gasteiger partial charge in [-0.15, -0.1) is 11.3 Å². The van der Waals surface area contributed by atoms with Crippen molar-refractivity contribution in [2.24, 2.45) is 5.92 Å². The third-order valence-corrected chi connectivity index (χ3v) is 6.75. The molecule has 1 saturated heterocycles. The van der Waals surface area contributed by atoms with E-state index >= 15 is 0 Å². The number of halogens is 1. The maximum absolute atomic E-state index is 13.3. The van der Waals surface area contributed by atoms with Crippen molar-refractivity contribution < 1.29 is 17.6 Å². The Bertz CT molecular complexity index is 851. The van der Waals surface area contributed by atoms with Gasteiger partial charge in [-0.1, -0.05) is 18.2 Å². The number of carbonyl (C=O) groups is 1. The number of thiophene rings is 1. The Hall–Kier alpha value is -1.77. The van der Waals surface area contributed by atoms with Crippen molar-refractivity contribution in [3.8, 4) is 0 Å². The zero-order valence-electron chi connectivity index (χ0n) is 14.4. The van der Waals surface area contributed by atoms with E-state index in [1.165, 1.54) is 34.0 Å². The van der Waals surface area contributed by atoms with Gasteiger partial charge in [-0.2, -0.15) is 0 Å². The number of rotatable bonds is 5. The first-order valence-corrected chi connectivity index (χ1v) is 11.1. The zero-order chi connectivity index (χ0) is 18.7. The molecule has 0 radical (unpaired) electrons. The van der Waals surface area contributed by atoms with E-state index in [9.17, 15) is 17.6 Å². The first-order valence-electron chi connectivity index (χ1n) is 8.39. The van der Waals surface area contributed by atoms with Gasteiger partial charge in [-0.05, 0) is 42.0 Å². The number of carbonyl (C=O) groups excluding carboxylic acids is 1. The van der Waals surface area contributed by atoms with Crippen LogP contribution in [0.2, 0.25) is 0 Å². The average Bonchev–Trinajstić information content (AvgIpc) is 3.14. The van der Waals surface area contributed by atoms with E-state index < -0.39 is 10.0 Å². The van der Waals surface area contributed by atoms with Gasteiger partial charge in [0, 0.05) is 18.0 Å². The molecule has 5 nitrogen and oxygen atoms in total. The summed E-state index contributed by atoms with van der Waals surface area (Å²) in [6.45, 7) is 0.653. The minimum Gasteiger partial charge on any atom is -0.344 e. The lowest BCUT2D eigenvalue weighted by molar-refractivity contribution is -0.126. The maximum Gasteiger partial charge on any atom is 0.225 e. The van der Waals surface area contributed by atoms with Crippen molar-refractivity contribution in [2.45, 2.75) is 18.9 Å². The Morgan fingerprint density at radius 3 is 2.65 bits per heavy atom. The molecule has 0 saturated carbocycles. The molecule has 1 amide bonds. The van der Waals surface area contributed by atoms with Crippen LogP contribution in [-0.2, 0) is 14.8 Å². The third-order valence-electron chi connectivity index (χ3n) is 4.54. The van der Waals surface area contributed by atoms with E-state index in [0.717, 1.165) is 10.4 Å². The summed E-state index contributed by atoms with van der Waals surface area (Å²) in [4.78, 5) is 13.8. The van der Waals surface area contributed by atoms with Crippen molar-refractivity contribution in [3.63, 3.8) is 0 Å². The molecule has 0 spiro atoms. The maximum atomic E-state index is 13.3. The highest BCUT2D eigenvalue weighted by Gasteiger charge is 2.31. The highest BCUT2D eigenvalue weighted by atomic mass is 32.2. The molecule has 0 aliphatic carbocycles. The number of sulfonamides is 1. The molecule has 1 fully saturated rings. The normalized spacial score (nSPS) is 19.8. The fourth-order valence-electron chi connectivity index (χ4n) is 3.15. The Labute approximate surface area is 156 Å². The second kappa shape index (κ2) is 7.85. The fourth-order valence-corrected chi connectivity index (χ4v) is 4.86. The zero-order valence-corrected chi connectivity index (χ0v) is 16.0. The van der Waals surface area contributed by atoms with Crippen LogP contribution in [0.3, 0.4) is 0 Å². The number of amides is 1. The summed E-state index contributed by atoms with van der Waals surface area (Å²) in [7, 11) is -3.31. The molecule has 1 N–H and O–H groups in total. The number of benzene rings is 1. The molecule has 26 heavy (non-hydrogen) atoms. The molecule has 1 aliphatic heterocycles. The largest absolute Gasteiger partial charge is 0.344 e.